The van der Waals surface area contributed by atoms with Crippen molar-refractivity contribution in [3.8, 4) is 23.0 Å². The number of hydrogen-bond acceptors (Lipinski definition) is 7. The molecule has 0 atom stereocenters. The van der Waals surface area contributed by atoms with Gasteiger partial charge in [0.2, 0.25) is 10.0 Å². The van der Waals surface area contributed by atoms with E-state index in [4.69, 9.17) is 18.9 Å². The highest BCUT2D eigenvalue weighted by molar-refractivity contribution is 7.89. The van der Waals surface area contributed by atoms with Crippen LogP contribution in [0.4, 0.5) is 0 Å². The van der Waals surface area contributed by atoms with Crippen molar-refractivity contribution in [1.29, 1.82) is 0 Å². The fourth-order valence-electron chi connectivity index (χ4n) is 3.85. The Morgan fingerprint density at radius 3 is 2.39 bits per heavy atom. The number of amides is 1. The van der Waals surface area contributed by atoms with Gasteiger partial charge in [0.15, 0.2) is 23.0 Å². The van der Waals surface area contributed by atoms with E-state index in [1.807, 2.05) is 6.92 Å². The number of piperazine rings is 1. The topological polar surface area (TPSA) is 94.6 Å². The minimum Gasteiger partial charge on any atom is -0.493 e. The second kappa shape index (κ2) is 9.88. The number of hydrogen-bond donors (Lipinski definition) is 0. The number of fused-ring (bicyclic) bond motifs is 1. The minimum atomic E-state index is -3.72. The summed E-state index contributed by atoms with van der Waals surface area (Å²) in [4.78, 5) is 14.8. The Morgan fingerprint density at radius 1 is 0.970 bits per heavy atom. The van der Waals surface area contributed by atoms with E-state index in [1.165, 1.54) is 16.4 Å². The summed E-state index contributed by atoms with van der Waals surface area (Å²) in [5.41, 5.74) is 0.471. The molecule has 2 aliphatic rings. The predicted octanol–water partition coefficient (Wildman–Crippen LogP) is 2.40. The van der Waals surface area contributed by atoms with E-state index in [1.54, 1.807) is 36.3 Å². The molecule has 1 fully saturated rings. The fraction of sp³-hybridized carbons (Fsp3) is 0.435. The monoisotopic (exact) mass is 476 g/mol. The Labute approximate surface area is 193 Å². The van der Waals surface area contributed by atoms with Crippen LogP contribution in [0.5, 0.6) is 23.0 Å². The van der Waals surface area contributed by atoms with Crippen LogP contribution < -0.4 is 18.9 Å². The smallest absolute Gasteiger partial charge is 0.254 e. The molecule has 2 aliphatic heterocycles. The fourth-order valence-corrected chi connectivity index (χ4v) is 5.28. The van der Waals surface area contributed by atoms with E-state index in [0.29, 0.717) is 61.5 Å². The molecule has 10 heteroatoms. The van der Waals surface area contributed by atoms with Gasteiger partial charge in [-0.2, -0.15) is 4.31 Å². The minimum absolute atomic E-state index is 0.156. The summed E-state index contributed by atoms with van der Waals surface area (Å²) >= 11 is 0. The molecule has 1 amide bonds. The molecule has 0 N–H and O–H groups in total. The molecule has 0 saturated carbocycles. The number of methoxy groups -OCH3 is 1. The lowest BCUT2D eigenvalue weighted by molar-refractivity contribution is 0.0697. The van der Waals surface area contributed by atoms with Crippen molar-refractivity contribution in [2.75, 3.05) is 53.1 Å². The molecule has 33 heavy (non-hydrogen) atoms. The second-order valence-electron chi connectivity index (χ2n) is 7.65. The first-order valence-electron chi connectivity index (χ1n) is 10.9. The van der Waals surface area contributed by atoms with Crippen LogP contribution in [0.3, 0.4) is 0 Å². The lowest BCUT2D eigenvalue weighted by Gasteiger charge is -2.34. The van der Waals surface area contributed by atoms with Crippen molar-refractivity contribution < 1.29 is 32.2 Å². The van der Waals surface area contributed by atoms with Crippen molar-refractivity contribution >= 4 is 15.9 Å². The van der Waals surface area contributed by atoms with Gasteiger partial charge in [-0.3, -0.25) is 4.79 Å². The lowest BCUT2D eigenvalue weighted by atomic mass is 10.1. The second-order valence-corrected chi connectivity index (χ2v) is 9.59. The van der Waals surface area contributed by atoms with Crippen molar-refractivity contribution in [2.45, 2.75) is 18.2 Å². The van der Waals surface area contributed by atoms with E-state index < -0.39 is 10.0 Å². The van der Waals surface area contributed by atoms with Gasteiger partial charge in [-0.05, 0) is 37.3 Å². The zero-order chi connectivity index (χ0) is 23.4. The zero-order valence-electron chi connectivity index (χ0n) is 18.8. The average molecular weight is 477 g/mol. The van der Waals surface area contributed by atoms with Gasteiger partial charge in [0, 0.05) is 44.2 Å². The highest BCUT2D eigenvalue weighted by atomic mass is 32.2. The molecule has 1 saturated heterocycles. The number of nitrogens with zero attached hydrogens (tertiary/aromatic N) is 2. The van der Waals surface area contributed by atoms with Gasteiger partial charge in [0.1, 0.15) is 0 Å². The molecule has 0 unspecified atom stereocenters. The normalized spacial score (nSPS) is 16.7. The van der Waals surface area contributed by atoms with Crippen molar-refractivity contribution in [3.63, 3.8) is 0 Å². The molecule has 0 spiro atoms. The Balaban J connectivity index is 1.45. The number of rotatable bonds is 6. The van der Waals surface area contributed by atoms with Gasteiger partial charge in [0.25, 0.3) is 5.91 Å². The molecule has 2 aromatic rings. The van der Waals surface area contributed by atoms with E-state index in [9.17, 15) is 13.2 Å². The quantitative estimate of drug-likeness (QED) is 0.632. The molecule has 0 aromatic heterocycles. The molecule has 0 radical (unpaired) electrons. The van der Waals surface area contributed by atoms with E-state index in [0.717, 1.165) is 6.42 Å². The maximum Gasteiger partial charge on any atom is 0.254 e. The Hall–Kier alpha value is -2.98. The molecule has 9 nitrogen and oxygen atoms in total. The average Bonchev–Trinajstić information content (AvgIpc) is 3.09. The number of sulfonamides is 1. The van der Waals surface area contributed by atoms with Crippen LogP contribution in [0.25, 0.3) is 0 Å². The lowest BCUT2D eigenvalue weighted by Crippen LogP contribution is -2.50. The van der Waals surface area contributed by atoms with Crippen LogP contribution in [0.15, 0.2) is 41.3 Å². The Kier molecular flexibility index (Phi) is 6.94. The molecule has 2 heterocycles. The third-order valence-electron chi connectivity index (χ3n) is 5.59. The van der Waals surface area contributed by atoms with Crippen LogP contribution in [-0.4, -0.2) is 76.6 Å². The van der Waals surface area contributed by atoms with Crippen LogP contribution >= 0.6 is 0 Å². The SMILES string of the molecule is CCOc1cc(C(=O)N2CCN(S(=O)(=O)c3ccc4c(c3)OCCCO4)CC2)ccc1OC. The van der Waals surface area contributed by atoms with Gasteiger partial charge in [-0.1, -0.05) is 0 Å². The van der Waals surface area contributed by atoms with Gasteiger partial charge >= 0.3 is 0 Å². The summed E-state index contributed by atoms with van der Waals surface area (Å²) in [5.74, 6) is 1.87. The van der Waals surface area contributed by atoms with Crippen molar-refractivity contribution in [1.82, 2.24) is 9.21 Å². The number of carbonyl (C=O) groups excluding carboxylic acids is 1. The van der Waals surface area contributed by atoms with Crippen LogP contribution in [0, 0.1) is 0 Å². The summed E-state index contributed by atoms with van der Waals surface area (Å²) in [6.07, 6.45) is 0.743. The van der Waals surface area contributed by atoms with Crippen molar-refractivity contribution in [3.05, 3.63) is 42.0 Å². The molecule has 0 aliphatic carbocycles. The zero-order valence-corrected chi connectivity index (χ0v) is 19.6. The summed E-state index contributed by atoms with van der Waals surface area (Å²) in [6.45, 7) is 4.31. The van der Waals surface area contributed by atoms with Gasteiger partial charge in [-0.15, -0.1) is 0 Å². The molecular formula is C23H28N2O7S. The number of carbonyl (C=O) groups is 1. The highest BCUT2D eigenvalue weighted by Gasteiger charge is 2.31. The maximum atomic E-state index is 13.2. The van der Waals surface area contributed by atoms with Crippen LogP contribution in [0.1, 0.15) is 23.7 Å². The summed E-state index contributed by atoms with van der Waals surface area (Å²) in [6, 6.07) is 9.72. The van der Waals surface area contributed by atoms with Gasteiger partial charge < -0.3 is 23.8 Å². The predicted molar refractivity (Wildman–Crippen MR) is 121 cm³/mol. The Morgan fingerprint density at radius 2 is 1.70 bits per heavy atom. The van der Waals surface area contributed by atoms with E-state index in [2.05, 4.69) is 0 Å². The highest BCUT2D eigenvalue weighted by Crippen LogP contribution is 2.33. The van der Waals surface area contributed by atoms with E-state index >= 15 is 0 Å². The largest absolute Gasteiger partial charge is 0.493 e. The van der Waals surface area contributed by atoms with Gasteiger partial charge in [0.05, 0.1) is 31.8 Å². The summed E-state index contributed by atoms with van der Waals surface area (Å²) in [7, 11) is -2.18. The first-order valence-corrected chi connectivity index (χ1v) is 12.4. The number of ether oxygens (including phenoxy) is 4. The first kappa shape index (κ1) is 23.2. The molecule has 178 valence electrons. The Bertz CT molecular complexity index is 1110. The number of benzene rings is 2. The maximum absolute atomic E-state index is 13.2. The third-order valence-corrected chi connectivity index (χ3v) is 7.49. The van der Waals surface area contributed by atoms with Crippen LogP contribution in [0.2, 0.25) is 0 Å². The molecular weight excluding hydrogens is 448 g/mol. The van der Waals surface area contributed by atoms with Crippen molar-refractivity contribution in [2.24, 2.45) is 0 Å². The van der Waals surface area contributed by atoms with Crippen LogP contribution in [-0.2, 0) is 10.0 Å². The first-order chi connectivity index (χ1) is 15.9. The molecule has 0 bridgehead atoms. The van der Waals surface area contributed by atoms with Gasteiger partial charge in [-0.25, -0.2) is 8.42 Å². The summed E-state index contributed by atoms with van der Waals surface area (Å²) in [5, 5.41) is 0. The van der Waals surface area contributed by atoms with E-state index in [-0.39, 0.29) is 23.9 Å². The standard InChI is InChI=1S/C23H28N2O7S/c1-3-30-21-15-17(5-7-19(21)29-2)23(26)24-9-11-25(12-10-24)33(27,28)18-6-8-20-22(16-18)32-14-4-13-31-20/h5-8,15-16H,3-4,9-14H2,1-2H3. The summed E-state index contributed by atoms with van der Waals surface area (Å²) < 4.78 is 49.8. The third kappa shape index (κ3) is 4.86. The molecule has 4 rings (SSSR count). The molecule has 2 aromatic carbocycles.